The van der Waals surface area contributed by atoms with Crippen LogP contribution in [0.2, 0.25) is 0 Å². The number of nitro groups is 1. The van der Waals surface area contributed by atoms with Crippen LogP contribution < -0.4 is 0 Å². The number of nitrogens with zero attached hydrogens (tertiary/aromatic N) is 6. The van der Waals surface area contributed by atoms with Gasteiger partial charge in [0.1, 0.15) is 5.82 Å². The summed E-state index contributed by atoms with van der Waals surface area (Å²) in [7, 11) is 0. The number of para-hydroxylation sites is 2. The van der Waals surface area contributed by atoms with E-state index in [1.807, 2.05) is 12.1 Å². The van der Waals surface area contributed by atoms with E-state index < -0.39 is 4.92 Å². The number of benzene rings is 2. The number of unbranched alkanes of at least 4 members (excludes halogenated alkanes) is 1. The zero-order valence-electron chi connectivity index (χ0n) is 16.3. The van der Waals surface area contributed by atoms with E-state index in [0.29, 0.717) is 16.8 Å². The first-order chi connectivity index (χ1) is 14.7. The molecule has 0 radical (unpaired) electrons. The molecule has 0 saturated heterocycles. The number of thioether (sulfide) groups is 1. The summed E-state index contributed by atoms with van der Waals surface area (Å²) in [5.74, 6) is 2.13. The van der Waals surface area contributed by atoms with Crippen molar-refractivity contribution in [2.75, 3.05) is 0 Å². The van der Waals surface area contributed by atoms with E-state index in [-0.39, 0.29) is 5.69 Å². The van der Waals surface area contributed by atoms with Gasteiger partial charge in [-0.25, -0.2) is 4.98 Å². The van der Waals surface area contributed by atoms with Crippen LogP contribution in [0, 0.1) is 10.1 Å². The number of hydrogen-bond donors (Lipinski definition) is 1. The Balaban J connectivity index is 1.47. The molecule has 0 aliphatic rings. The summed E-state index contributed by atoms with van der Waals surface area (Å²) >= 11 is 1.54. The van der Waals surface area contributed by atoms with E-state index in [1.165, 1.54) is 23.9 Å². The molecule has 0 atom stereocenters. The second-order valence-corrected chi connectivity index (χ2v) is 7.99. The minimum absolute atomic E-state index is 0.0457. The average Bonchev–Trinajstić information content (AvgIpc) is 3.43. The Morgan fingerprint density at radius 3 is 2.80 bits per heavy atom. The van der Waals surface area contributed by atoms with Crippen molar-refractivity contribution in [2.24, 2.45) is 0 Å². The SMILES string of the molecule is CCCCn1c2ccccc2n2c(SCc3nc4ccc([N+](=O)[O-])cc4[nH]3)nnc12. The summed E-state index contributed by atoms with van der Waals surface area (Å²) in [6, 6.07) is 12.9. The van der Waals surface area contributed by atoms with Crippen molar-refractivity contribution in [1.82, 2.24) is 29.1 Å². The number of aryl methyl sites for hydroxylation is 1. The Bertz CT molecular complexity index is 1380. The Labute approximate surface area is 175 Å². The van der Waals surface area contributed by atoms with Crippen molar-refractivity contribution in [2.45, 2.75) is 37.2 Å². The van der Waals surface area contributed by atoms with Crippen LogP contribution in [0.25, 0.3) is 27.8 Å². The Hall–Kier alpha value is -3.40. The fourth-order valence-corrected chi connectivity index (χ4v) is 4.44. The summed E-state index contributed by atoms with van der Waals surface area (Å²) in [6.45, 7) is 3.08. The molecule has 0 unspecified atom stereocenters. The number of rotatable bonds is 7. The number of H-pyrrole nitrogens is 1. The van der Waals surface area contributed by atoms with Gasteiger partial charge < -0.3 is 9.55 Å². The van der Waals surface area contributed by atoms with Crippen LogP contribution >= 0.6 is 11.8 Å². The highest BCUT2D eigenvalue weighted by molar-refractivity contribution is 7.98. The average molecular weight is 421 g/mol. The van der Waals surface area contributed by atoms with Crippen LogP contribution in [0.3, 0.4) is 0 Å². The molecule has 1 N–H and O–H groups in total. The monoisotopic (exact) mass is 421 g/mol. The van der Waals surface area contributed by atoms with Crippen molar-refractivity contribution in [3.63, 3.8) is 0 Å². The van der Waals surface area contributed by atoms with Gasteiger partial charge in [-0.1, -0.05) is 37.2 Å². The predicted octanol–water partition coefficient (Wildman–Crippen LogP) is 4.56. The van der Waals surface area contributed by atoms with E-state index >= 15 is 0 Å². The van der Waals surface area contributed by atoms with Gasteiger partial charge in [-0.05, 0) is 24.6 Å². The third-order valence-electron chi connectivity index (χ3n) is 5.07. The van der Waals surface area contributed by atoms with Crippen molar-refractivity contribution >= 4 is 45.3 Å². The first-order valence-electron chi connectivity index (χ1n) is 9.74. The second kappa shape index (κ2) is 7.45. The topological polar surface area (TPSA) is 107 Å². The molecule has 5 aromatic rings. The number of fused-ring (bicyclic) bond motifs is 4. The summed E-state index contributed by atoms with van der Waals surface area (Å²) in [4.78, 5) is 18.3. The molecule has 2 aromatic carbocycles. The van der Waals surface area contributed by atoms with Crippen LogP contribution in [0.15, 0.2) is 47.6 Å². The third-order valence-corrected chi connectivity index (χ3v) is 6.01. The van der Waals surface area contributed by atoms with Crippen LogP contribution in [0.4, 0.5) is 5.69 Å². The predicted molar refractivity (Wildman–Crippen MR) is 116 cm³/mol. The smallest absolute Gasteiger partial charge is 0.271 e. The maximum Gasteiger partial charge on any atom is 0.271 e. The van der Waals surface area contributed by atoms with Crippen molar-refractivity contribution in [1.29, 1.82) is 0 Å². The second-order valence-electron chi connectivity index (χ2n) is 7.04. The molecule has 30 heavy (non-hydrogen) atoms. The van der Waals surface area contributed by atoms with Gasteiger partial charge in [-0.3, -0.25) is 14.5 Å². The lowest BCUT2D eigenvalue weighted by atomic mass is 10.3. The molecule has 0 saturated carbocycles. The zero-order chi connectivity index (χ0) is 20.7. The summed E-state index contributed by atoms with van der Waals surface area (Å²) in [5.41, 5.74) is 3.63. The molecule has 0 fully saturated rings. The number of imidazole rings is 2. The molecule has 9 nitrogen and oxygen atoms in total. The van der Waals surface area contributed by atoms with Crippen LogP contribution in [-0.2, 0) is 12.3 Å². The van der Waals surface area contributed by atoms with E-state index in [0.717, 1.165) is 47.2 Å². The number of non-ortho nitro benzene ring substituents is 1. The Morgan fingerprint density at radius 2 is 2.00 bits per heavy atom. The van der Waals surface area contributed by atoms with Crippen LogP contribution in [0.5, 0.6) is 0 Å². The van der Waals surface area contributed by atoms with Gasteiger partial charge in [-0.2, -0.15) is 0 Å². The number of hydrogen-bond acceptors (Lipinski definition) is 6. The molecule has 0 bridgehead atoms. The highest BCUT2D eigenvalue weighted by Gasteiger charge is 2.17. The number of nitrogens with one attached hydrogen (secondary N) is 1. The molecule has 0 aliphatic carbocycles. The molecule has 3 aromatic heterocycles. The minimum atomic E-state index is -0.407. The van der Waals surface area contributed by atoms with Gasteiger partial charge in [0, 0.05) is 18.7 Å². The zero-order valence-corrected chi connectivity index (χ0v) is 17.1. The molecule has 5 rings (SSSR count). The standard InChI is InChI=1S/C20H19N7O2S/c1-2-3-10-25-16-6-4-5-7-17(16)26-19(25)23-24-20(26)30-12-18-21-14-9-8-13(27(28)29)11-15(14)22-18/h4-9,11H,2-3,10,12H2,1H3,(H,21,22). The maximum atomic E-state index is 11.0. The van der Waals surface area contributed by atoms with Crippen molar-refractivity contribution in [3.05, 3.63) is 58.4 Å². The minimum Gasteiger partial charge on any atom is -0.341 e. The lowest BCUT2D eigenvalue weighted by Crippen LogP contribution is -1.98. The lowest BCUT2D eigenvalue weighted by molar-refractivity contribution is -0.384. The summed E-state index contributed by atoms with van der Waals surface area (Å²) in [6.07, 6.45) is 2.19. The van der Waals surface area contributed by atoms with Gasteiger partial charge in [-0.15, -0.1) is 10.2 Å². The fraction of sp³-hybridized carbons (Fsp3) is 0.250. The molecule has 10 heteroatoms. The van der Waals surface area contributed by atoms with Crippen molar-refractivity contribution in [3.8, 4) is 0 Å². The van der Waals surface area contributed by atoms with E-state index in [1.54, 1.807) is 6.07 Å². The molecule has 0 amide bonds. The molecule has 3 heterocycles. The molecule has 152 valence electrons. The maximum absolute atomic E-state index is 11.0. The lowest BCUT2D eigenvalue weighted by Gasteiger charge is -2.02. The first kappa shape index (κ1) is 18.6. The highest BCUT2D eigenvalue weighted by Crippen LogP contribution is 2.28. The summed E-state index contributed by atoms with van der Waals surface area (Å²) in [5, 5.41) is 20.6. The first-order valence-corrected chi connectivity index (χ1v) is 10.7. The Morgan fingerprint density at radius 1 is 1.17 bits per heavy atom. The fourth-order valence-electron chi connectivity index (χ4n) is 3.63. The number of aromatic nitrogens is 6. The number of aromatic amines is 1. The van der Waals surface area contributed by atoms with Gasteiger partial charge in [0.25, 0.3) is 5.69 Å². The molecular formula is C20H19N7O2S. The molecule has 0 spiro atoms. The number of nitro benzene ring substituents is 1. The highest BCUT2D eigenvalue weighted by atomic mass is 32.2. The van der Waals surface area contributed by atoms with Gasteiger partial charge in [0.05, 0.1) is 32.7 Å². The molecule has 0 aliphatic heterocycles. The normalized spacial score (nSPS) is 11.8. The third kappa shape index (κ3) is 3.09. The van der Waals surface area contributed by atoms with E-state index in [2.05, 4.69) is 48.2 Å². The molecular weight excluding hydrogens is 402 g/mol. The van der Waals surface area contributed by atoms with Gasteiger partial charge >= 0.3 is 0 Å². The van der Waals surface area contributed by atoms with E-state index in [9.17, 15) is 10.1 Å². The largest absolute Gasteiger partial charge is 0.341 e. The van der Waals surface area contributed by atoms with Crippen LogP contribution in [0.1, 0.15) is 25.6 Å². The van der Waals surface area contributed by atoms with Crippen LogP contribution in [-0.4, -0.2) is 34.1 Å². The summed E-state index contributed by atoms with van der Waals surface area (Å²) < 4.78 is 4.30. The Kier molecular flexibility index (Phi) is 4.62. The van der Waals surface area contributed by atoms with Gasteiger partial charge in [0.2, 0.25) is 5.78 Å². The van der Waals surface area contributed by atoms with Gasteiger partial charge in [0.15, 0.2) is 5.16 Å². The van der Waals surface area contributed by atoms with E-state index in [4.69, 9.17) is 0 Å². The quantitative estimate of drug-likeness (QED) is 0.234. The van der Waals surface area contributed by atoms with Crippen molar-refractivity contribution < 1.29 is 4.92 Å².